The normalized spacial score (nSPS) is 14.9. The molecule has 1 atom stereocenters. The Bertz CT molecular complexity index is 1230. The average Bonchev–Trinajstić information content (AvgIpc) is 2.76. The van der Waals surface area contributed by atoms with E-state index in [1.165, 1.54) is 5.57 Å². The molecule has 0 saturated heterocycles. The van der Waals surface area contributed by atoms with E-state index >= 15 is 0 Å². The number of benzene rings is 2. The van der Waals surface area contributed by atoms with Gasteiger partial charge in [0.1, 0.15) is 5.82 Å². The summed E-state index contributed by atoms with van der Waals surface area (Å²) >= 11 is 0. The average molecular weight is 433 g/mol. The van der Waals surface area contributed by atoms with Crippen molar-refractivity contribution in [1.29, 1.82) is 0 Å². The summed E-state index contributed by atoms with van der Waals surface area (Å²) in [6, 6.07) is 11.3. The van der Waals surface area contributed by atoms with Crippen LogP contribution in [-0.4, -0.2) is 28.9 Å². The molecule has 5 nitrogen and oxygen atoms in total. The van der Waals surface area contributed by atoms with E-state index in [-0.39, 0.29) is 17.8 Å². The van der Waals surface area contributed by atoms with Crippen LogP contribution >= 0.6 is 0 Å². The number of hydrogen-bond acceptors (Lipinski definition) is 4. The Hall–Kier alpha value is -3.41. The number of anilines is 2. The topological polar surface area (TPSA) is 71.2 Å². The first-order valence-corrected chi connectivity index (χ1v) is 10.9. The van der Waals surface area contributed by atoms with Gasteiger partial charge in [-0.2, -0.15) is 0 Å². The molecule has 0 spiro atoms. The van der Waals surface area contributed by atoms with Crippen LogP contribution < -0.4 is 11.1 Å². The first kappa shape index (κ1) is 21.8. The van der Waals surface area contributed by atoms with Crippen molar-refractivity contribution >= 4 is 33.8 Å². The number of nitrogens with two attached hydrogens (primary N) is 1. The number of aryl methyl sites for hydroxylation is 2. The second kappa shape index (κ2) is 8.61. The van der Waals surface area contributed by atoms with Crippen LogP contribution in [0.2, 0.25) is 0 Å². The molecule has 2 heterocycles. The molecule has 0 saturated carbocycles. The van der Waals surface area contributed by atoms with Gasteiger partial charge in [-0.15, -0.1) is 0 Å². The first-order chi connectivity index (χ1) is 15.2. The molecular weight excluding hydrogens is 403 g/mol. The second-order valence-corrected chi connectivity index (χ2v) is 8.59. The van der Waals surface area contributed by atoms with Gasteiger partial charge in [-0.3, -0.25) is 9.78 Å². The molecule has 1 unspecified atom stereocenters. The maximum atomic E-state index is 14.8. The van der Waals surface area contributed by atoms with Gasteiger partial charge in [0, 0.05) is 48.0 Å². The molecule has 1 amide bonds. The van der Waals surface area contributed by atoms with E-state index in [4.69, 9.17) is 5.73 Å². The third-order valence-electron chi connectivity index (χ3n) is 6.11. The number of fused-ring (bicyclic) bond motifs is 1. The van der Waals surface area contributed by atoms with Gasteiger partial charge in [0.25, 0.3) is 0 Å². The van der Waals surface area contributed by atoms with E-state index in [0.29, 0.717) is 23.4 Å². The number of carbonyl (C=O) groups is 1. The van der Waals surface area contributed by atoms with Gasteiger partial charge < -0.3 is 16.0 Å². The molecule has 6 heteroatoms. The molecule has 166 valence electrons. The summed E-state index contributed by atoms with van der Waals surface area (Å²) in [5.41, 5.74) is 12.6. The third kappa shape index (κ3) is 4.31. The van der Waals surface area contributed by atoms with Crippen LogP contribution in [-0.2, 0) is 4.79 Å². The summed E-state index contributed by atoms with van der Waals surface area (Å²) in [6.07, 6.45) is 2.94. The van der Waals surface area contributed by atoms with Gasteiger partial charge >= 0.3 is 0 Å². The fourth-order valence-corrected chi connectivity index (χ4v) is 4.35. The molecule has 3 N–H and O–H groups in total. The zero-order valence-electron chi connectivity index (χ0n) is 19.0. The molecule has 3 aromatic rings. The van der Waals surface area contributed by atoms with E-state index in [9.17, 15) is 9.18 Å². The zero-order chi connectivity index (χ0) is 23.0. The zero-order valence-corrected chi connectivity index (χ0v) is 19.0. The minimum absolute atomic E-state index is 0.1000. The highest BCUT2D eigenvalue weighted by Crippen LogP contribution is 2.32. The van der Waals surface area contributed by atoms with E-state index in [1.54, 1.807) is 26.0 Å². The first-order valence-electron chi connectivity index (χ1n) is 10.9. The number of aromatic nitrogens is 1. The van der Waals surface area contributed by atoms with Crippen molar-refractivity contribution in [3.8, 4) is 0 Å². The number of nitrogens with zero attached hydrogens (tertiary/aromatic N) is 2. The van der Waals surface area contributed by atoms with Crippen LogP contribution in [0.1, 0.15) is 48.7 Å². The number of pyridine rings is 1. The lowest BCUT2D eigenvalue weighted by Crippen LogP contribution is -2.32. The van der Waals surface area contributed by atoms with E-state index in [1.807, 2.05) is 30.9 Å². The highest BCUT2D eigenvalue weighted by atomic mass is 19.1. The minimum atomic E-state index is -0.274. The number of halogens is 1. The smallest absolute Gasteiger partial charge is 0.219 e. The lowest BCUT2D eigenvalue weighted by Gasteiger charge is -2.25. The molecule has 0 bridgehead atoms. The fourth-order valence-electron chi connectivity index (χ4n) is 4.35. The Kier molecular flexibility index (Phi) is 5.87. The second-order valence-electron chi connectivity index (χ2n) is 8.59. The summed E-state index contributed by atoms with van der Waals surface area (Å²) in [5, 5.41) is 4.46. The van der Waals surface area contributed by atoms with Crippen LogP contribution in [0.4, 0.5) is 15.8 Å². The Balaban J connectivity index is 1.70. The van der Waals surface area contributed by atoms with Crippen molar-refractivity contribution < 1.29 is 9.18 Å². The SMILES string of the molecule is CC(=O)N1CC=C(c2ccc3nc(C)cc(NC(C)c4cc(N)cc(C)c4F)c3c2)CC1. The van der Waals surface area contributed by atoms with Gasteiger partial charge in [-0.1, -0.05) is 12.1 Å². The van der Waals surface area contributed by atoms with Crippen molar-refractivity contribution in [2.24, 2.45) is 0 Å². The van der Waals surface area contributed by atoms with Crippen molar-refractivity contribution in [3.63, 3.8) is 0 Å². The molecular formula is C26H29FN4O. The van der Waals surface area contributed by atoms with Gasteiger partial charge in [-0.25, -0.2) is 4.39 Å². The monoisotopic (exact) mass is 432 g/mol. The van der Waals surface area contributed by atoms with Crippen LogP contribution in [0.15, 0.2) is 42.5 Å². The molecule has 1 aliphatic heterocycles. The summed E-state index contributed by atoms with van der Waals surface area (Å²) in [6.45, 7) is 8.57. The van der Waals surface area contributed by atoms with Crippen molar-refractivity contribution in [3.05, 3.63) is 70.7 Å². The Labute approximate surface area is 188 Å². The van der Waals surface area contributed by atoms with Crippen LogP contribution in [0.5, 0.6) is 0 Å². The molecule has 1 aliphatic rings. The van der Waals surface area contributed by atoms with Crippen LogP contribution in [0, 0.1) is 19.7 Å². The lowest BCUT2D eigenvalue weighted by atomic mass is 9.97. The molecule has 1 aromatic heterocycles. The van der Waals surface area contributed by atoms with E-state index < -0.39 is 0 Å². The number of nitrogen functional groups attached to an aromatic ring is 1. The molecule has 4 rings (SSSR count). The third-order valence-corrected chi connectivity index (χ3v) is 6.11. The number of rotatable bonds is 4. The fraction of sp³-hybridized carbons (Fsp3) is 0.308. The summed E-state index contributed by atoms with van der Waals surface area (Å²) < 4.78 is 14.8. The Morgan fingerprint density at radius 1 is 1.22 bits per heavy atom. The van der Waals surface area contributed by atoms with E-state index in [2.05, 4.69) is 28.5 Å². The van der Waals surface area contributed by atoms with Crippen molar-refractivity contribution in [1.82, 2.24) is 9.88 Å². The number of nitrogens with one attached hydrogen (secondary N) is 1. The predicted molar refractivity (Wildman–Crippen MR) is 129 cm³/mol. The van der Waals surface area contributed by atoms with Gasteiger partial charge in [0.2, 0.25) is 5.91 Å². The summed E-state index contributed by atoms with van der Waals surface area (Å²) in [7, 11) is 0. The number of carbonyl (C=O) groups excluding carboxylic acids is 1. The largest absolute Gasteiger partial charge is 0.399 e. The summed E-state index contributed by atoms with van der Waals surface area (Å²) in [4.78, 5) is 18.1. The maximum absolute atomic E-state index is 14.8. The molecule has 0 fully saturated rings. The maximum Gasteiger partial charge on any atom is 0.219 e. The highest BCUT2D eigenvalue weighted by Gasteiger charge is 2.18. The summed E-state index contributed by atoms with van der Waals surface area (Å²) in [5.74, 6) is -0.139. The molecule has 2 aromatic carbocycles. The standard InChI is InChI=1S/C26H29FN4O/c1-15-11-21(28)14-22(26(15)27)17(3)30-25-12-16(2)29-24-6-5-20(13-23(24)25)19-7-9-31(10-8-19)18(4)32/h5-7,11-14,17H,8-10,28H2,1-4H3,(H,29,30). The van der Waals surface area contributed by atoms with Crippen LogP contribution in [0.25, 0.3) is 16.5 Å². The lowest BCUT2D eigenvalue weighted by molar-refractivity contribution is -0.128. The van der Waals surface area contributed by atoms with E-state index in [0.717, 1.165) is 40.8 Å². The Morgan fingerprint density at radius 2 is 2.00 bits per heavy atom. The van der Waals surface area contributed by atoms with Gasteiger partial charge in [-0.05, 0) is 74.2 Å². The van der Waals surface area contributed by atoms with Gasteiger partial charge in [0.15, 0.2) is 0 Å². The highest BCUT2D eigenvalue weighted by molar-refractivity contribution is 5.94. The molecule has 0 radical (unpaired) electrons. The molecule has 0 aliphatic carbocycles. The van der Waals surface area contributed by atoms with Crippen molar-refractivity contribution in [2.75, 3.05) is 24.1 Å². The number of amides is 1. The van der Waals surface area contributed by atoms with Crippen molar-refractivity contribution in [2.45, 2.75) is 40.2 Å². The number of hydrogen-bond donors (Lipinski definition) is 2. The molecule has 32 heavy (non-hydrogen) atoms. The van der Waals surface area contributed by atoms with Gasteiger partial charge in [0.05, 0.1) is 11.6 Å². The van der Waals surface area contributed by atoms with Crippen LogP contribution in [0.3, 0.4) is 0 Å². The predicted octanol–water partition coefficient (Wildman–Crippen LogP) is 5.38. The Morgan fingerprint density at radius 3 is 2.69 bits per heavy atom. The minimum Gasteiger partial charge on any atom is -0.399 e. The quantitative estimate of drug-likeness (QED) is 0.543.